The van der Waals surface area contributed by atoms with E-state index < -0.39 is 0 Å². The van der Waals surface area contributed by atoms with Crippen molar-refractivity contribution in [1.29, 1.82) is 0 Å². The van der Waals surface area contributed by atoms with Gasteiger partial charge in [0.15, 0.2) is 0 Å². The quantitative estimate of drug-likeness (QED) is 0.534. The minimum Gasteiger partial charge on any atom is -0.340 e. The highest BCUT2D eigenvalue weighted by molar-refractivity contribution is 5.88. The number of nitrogens with zero attached hydrogens (tertiary/aromatic N) is 4. The van der Waals surface area contributed by atoms with Gasteiger partial charge < -0.3 is 16.0 Å². The van der Waals surface area contributed by atoms with Gasteiger partial charge in [0.25, 0.3) is 5.95 Å². The van der Waals surface area contributed by atoms with Gasteiger partial charge in [-0.2, -0.15) is 10.1 Å². The van der Waals surface area contributed by atoms with Crippen molar-refractivity contribution in [2.24, 2.45) is 10.9 Å². The lowest BCUT2D eigenvalue weighted by molar-refractivity contribution is 0.527. The SMILES string of the molecule is CC1CC/C(=N/c2nc3c(c(Nc4ccc(-c5cn[nH]c5)cc4)n2)CNC3)CNC1. The number of H-pyrrole nitrogens is 1. The molecule has 30 heavy (non-hydrogen) atoms. The van der Waals surface area contributed by atoms with Gasteiger partial charge in [0.1, 0.15) is 5.82 Å². The fraction of sp³-hybridized carbons (Fsp3) is 0.364. The summed E-state index contributed by atoms with van der Waals surface area (Å²) in [6.45, 7) is 5.63. The minimum absolute atomic E-state index is 0.543. The Morgan fingerprint density at radius 3 is 2.77 bits per heavy atom. The highest BCUT2D eigenvalue weighted by Crippen LogP contribution is 2.28. The van der Waals surface area contributed by atoms with Crippen LogP contribution in [0, 0.1) is 5.92 Å². The lowest BCUT2D eigenvalue weighted by Gasteiger charge is -2.11. The van der Waals surface area contributed by atoms with E-state index in [-0.39, 0.29) is 0 Å². The number of anilines is 2. The molecule has 1 aromatic carbocycles. The van der Waals surface area contributed by atoms with Crippen LogP contribution in [-0.4, -0.2) is 39.0 Å². The summed E-state index contributed by atoms with van der Waals surface area (Å²) in [6.07, 6.45) is 5.84. The molecule has 154 valence electrons. The monoisotopic (exact) mass is 402 g/mol. The fourth-order valence-corrected chi connectivity index (χ4v) is 3.90. The first kappa shape index (κ1) is 18.9. The first-order valence-electron chi connectivity index (χ1n) is 10.5. The Labute approximate surface area is 175 Å². The first-order valence-corrected chi connectivity index (χ1v) is 10.5. The van der Waals surface area contributed by atoms with E-state index in [4.69, 9.17) is 15.0 Å². The van der Waals surface area contributed by atoms with Crippen LogP contribution in [-0.2, 0) is 13.1 Å². The zero-order chi connectivity index (χ0) is 20.3. The van der Waals surface area contributed by atoms with Crippen LogP contribution in [0.1, 0.15) is 31.0 Å². The number of fused-ring (bicyclic) bond motifs is 1. The van der Waals surface area contributed by atoms with Crippen LogP contribution in [0.3, 0.4) is 0 Å². The molecule has 0 bridgehead atoms. The molecule has 0 saturated carbocycles. The van der Waals surface area contributed by atoms with Gasteiger partial charge in [-0.1, -0.05) is 19.1 Å². The molecule has 0 radical (unpaired) electrons. The van der Waals surface area contributed by atoms with E-state index in [0.717, 1.165) is 78.6 Å². The number of nitrogens with one attached hydrogen (secondary N) is 4. The summed E-state index contributed by atoms with van der Waals surface area (Å²) in [6, 6.07) is 8.27. The van der Waals surface area contributed by atoms with Crippen LogP contribution in [0.15, 0.2) is 41.7 Å². The van der Waals surface area contributed by atoms with E-state index in [1.807, 2.05) is 12.4 Å². The van der Waals surface area contributed by atoms with E-state index in [0.29, 0.717) is 11.9 Å². The normalized spacial score (nSPS) is 20.2. The second kappa shape index (κ2) is 8.33. The third-order valence-corrected chi connectivity index (χ3v) is 5.66. The van der Waals surface area contributed by atoms with Crippen molar-refractivity contribution in [3.63, 3.8) is 0 Å². The first-order chi connectivity index (χ1) is 14.7. The molecule has 1 atom stereocenters. The number of aliphatic imine (C=N–C) groups is 1. The summed E-state index contributed by atoms with van der Waals surface area (Å²) >= 11 is 0. The Kier molecular flexibility index (Phi) is 5.25. The Bertz CT molecular complexity index is 1040. The van der Waals surface area contributed by atoms with Gasteiger partial charge >= 0.3 is 0 Å². The molecule has 8 nitrogen and oxygen atoms in total. The van der Waals surface area contributed by atoms with Crippen LogP contribution in [0.25, 0.3) is 11.1 Å². The predicted molar refractivity (Wildman–Crippen MR) is 118 cm³/mol. The van der Waals surface area contributed by atoms with E-state index in [1.54, 1.807) is 0 Å². The zero-order valence-electron chi connectivity index (χ0n) is 17.1. The van der Waals surface area contributed by atoms with Crippen molar-refractivity contribution in [1.82, 2.24) is 30.8 Å². The minimum atomic E-state index is 0.543. The van der Waals surface area contributed by atoms with Gasteiger partial charge in [-0.3, -0.25) is 5.10 Å². The highest BCUT2D eigenvalue weighted by Gasteiger charge is 2.20. The molecular formula is C22H26N8. The topological polar surface area (TPSA) is 103 Å². The number of rotatable bonds is 4. The average molecular weight is 403 g/mol. The molecule has 8 heteroatoms. The number of hydrogen-bond acceptors (Lipinski definition) is 7. The lowest BCUT2D eigenvalue weighted by Crippen LogP contribution is -2.22. The number of aromatic amines is 1. The molecule has 4 N–H and O–H groups in total. The maximum Gasteiger partial charge on any atom is 0.251 e. The van der Waals surface area contributed by atoms with Gasteiger partial charge in [0.2, 0.25) is 0 Å². The van der Waals surface area contributed by atoms with Gasteiger partial charge in [-0.15, -0.1) is 0 Å². The van der Waals surface area contributed by atoms with Gasteiger partial charge in [-0.05, 0) is 43.0 Å². The Hall–Kier alpha value is -3.10. The summed E-state index contributed by atoms with van der Waals surface area (Å²) in [5.74, 6) is 2.04. The van der Waals surface area contributed by atoms with E-state index >= 15 is 0 Å². The Morgan fingerprint density at radius 1 is 1.03 bits per heavy atom. The van der Waals surface area contributed by atoms with Crippen molar-refractivity contribution in [2.45, 2.75) is 32.9 Å². The molecule has 1 fully saturated rings. The van der Waals surface area contributed by atoms with Crippen molar-refractivity contribution in [3.05, 3.63) is 47.9 Å². The van der Waals surface area contributed by atoms with Crippen molar-refractivity contribution < 1.29 is 0 Å². The molecule has 0 amide bonds. The summed E-state index contributed by atoms with van der Waals surface area (Å²) < 4.78 is 0. The summed E-state index contributed by atoms with van der Waals surface area (Å²) in [5, 5.41) is 17.2. The second-order valence-electron chi connectivity index (χ2n) is 8.04. The van der Waals surface area contributed by atoms with Gasteiger partial charge in [0, 0.05) is 48.4 Å². The van der Waals surface area contributed by atoms with Crippen LogP contribution < -0.4 is 16.0 Å². The molecule has 2 aromatic heterocycles. The molecule has 0 aliphatic carbocycles. The summed E-state index contributed by atoms with van der Waals surface area (Å²) in [5.41, 5.74) is 6.44. The zero-order valence-corrected chi connectivity index (χ0v) is 17.1. The van der Waals surface area contributed by atoms with E-state index in [2.05, 4.69) is 57.3 Å². The molecule has 5 rings (SSSR count). The Balaban J connectivity index is 1.41. The summed E-state index contributed by atoms with van der Waals surface area (Å²) in [4.78, 5) is 14.3. The molecule has 4 heterocycles. The standard InChI is InChI=1S/C22H26N8/c1-14-2-5-18(11-23-8-14)28-22-29-20-13-24-12-19(20)21(30-22)27-17-6-3-15(4-7-17)16-9-25-26-10-16/h3-4,6-7,9-10,14,23-24H,2,5,8,11-13H2,1H3,(H,25,26)(H,27,29,30)/b28-18-. The number of hydrogen-bond donors (Lipinski definition) is 4. The van der Waals surface area contributed by atoms with E-state index in [9.17, 15) is 0 Å². The number of benzene rings is 1. The maximum absolute atomic E-state index is 4.79. The van der Waals surface area contributed by atoms with Gasteiger partial charge in [-0.25, -0.2) is 9.98 Å². The van der Waals surface area contributed by atoms with Crippen molar-refractivity contribution in [2.75, 3.05) is 18.4 Å². The molecular weight excluding hydrogens is 376 g/mol. The van der Waals surface area contributed by atoms with Crippen molar-refractivity contribution in [3.8, 4) is 11.1 Å². The van der Waals surface area contributed by atoms with E-state index in [1.165, 1.54) is 0 Å². The molecule has 2 aliphatic heterocycles. The Morgan fingerprint density at radius 2 is 1.93 bits per heavy atom. The smallest absolute Gasteiger partial charge is 0.251 e. The highest BCUT2D eigenvalue weighted by atomic mass is 15.1. The van der Waals surface area contributed by atoms with Crippen LogP contribution in [0.5, 0.6) is 0 Å². The molecule has 1 unspecified atom stereocenters. The third kappa shape index (κ3) is 4.10. The summed E-state index contributed by atoms with van der Waals surface area (Å²) in [7, 11) is 0. The largest absolute Gasteiger partial charge is 0.340 e. The van der Waals surface area contributed by atoms with Crippen LogP contribution in [0.2, 0.25) is 0 Å². The average Bonchev–Trinajstić information content (AvgIpc) is 3.41. The molecule has 1 saturated heterocycles. The number of aromatic nitrogens is 4. The third-order valence-electron chi connectivity index (χ3n) is 5.66. The molecule has 0 spiro atoms. The van der Waals surface area contributed by atoms with Crippen LogP contribution >= 0.6 is 0 Å². The fourth-order valence-electron chi connectivity index (χ4n) is 3.90. The molecule has 2 aliphatic rings. The second-order valence-corrected chi connectivity index (χ2v) is 8.04. The van der Waals surface area contributed by atoms with Crippen molar-refractivity contribution >= 4 is 23.2 Å². The predicted octanol–water partition coefficient (Wildman–Crippen LogP) is 3.31. The van der Waals surface area contributed by atoms with Gasteiger partial charge in [0.05, 0.1) is 11.9 Å². The maximum atomic E-state index is 4.79. The molecule has 3 aromatic rings. The van der Waals surface area contributed by atoms with Crippen LogP contribution in [0.4, 0.5) is 17.5 Å². The lowest BCUT2D eigenvalue weighted by atomic mass is 10.1.